The number of nitrogens with one attached hydrogen (secondary N) is 1. The third-order valence-electron chi connectivity index (χ3n) is 5.26. The minimum Gasteiger partial charge on any atom is -0.349 e. The van der Waals surface area contributed by atoms with E-state index in [1.54, 1.807) is 17.1 Å². The summed E-state index contributed by atoms with van der Waals surface area (Å²) < 4.78 is 14.8. The fourth-order valence-electron chi connectivity index (χ4n) is 3.98. The minimum atomic E-state index is -0.474. The van der Waals surface area contributed by atoms with E-state index in [4.69, 9.17) is 0 Å². The van der Waals surface area contributed by atoms with Crippen LogP contribution in [0.4, 0.5) is 10.3 Å². The Bertz CT molecular complexity index is 769. The number of amides is 1. The van der Waals surface area contributed by atoms with E-state index in [2.05, 4.69) is 39.4 Å². The first kappa shape index (κ1) is 16.9. The van der Waals surface area contributed by atoms with Gasteiger partial charge in [0.15, 0.2) is 5.82 Å². The highest BCUT2D eigenvalue weighted by Crippen LogP contribution is 2.44. The maximum absolute atomic E-state index is 13.1. The summed E-state index contributed by atoms with van der Waals surface area (Å²) in [4.78, 5) is 22.7. The summed E-state index contributed by atoms with van der Waals surface area (Å²) in [6.45, 7) is 5.46. The van der Waals surface area contributed by atoms with Crippen molar-refractivity contribution in [3.05, 3.63) is 30.6 Å². The lowest BCUT2D eigenvalue weighted by Gasteiger charge is -2.42. The van der Waals surface area contributed by atoms with Gasteiger partial charge in [-0.2, -0.15) is 0 Å². The molecule has 0 aromatic carbocycles. The normalized spacial score (nSPS) is 25.1. The highest BCUT2D eigenvalue weighted by molar-refractivity contribution is 5.80. The second-order valence-corrected chi connectivity index (χ2v) is 7.94. The third kappa shape index (κ3) is 3.25. The average Bonchev–Trinajstić information content (AvgIpc) is 3.22. The molecule has 3 heterocycles. The molecule has 9 heteroatoms. The summed E-state index contributed by atoms with van der Waals surface area (Å²) in [7, 11) is 0. The van der Waals surface area contributed by atoms with Gasteiger partial charge >= 0.3 is 0 Å². The van der Waals surface area contributed by atoms with Gasteiger partial charge in [-0.3, -0.25) is 4.79 Å². The molecule has 138 valence electrons. The van der Waals surface area contributed by atoms with Crippen LogP contribution in [0.2, 0.25) is 0 Å². The molecule has 1 N–H and O–H groups in total. The highest BCUT2D eigenvalue weighted by atomic mass is 19.1. The molecule has 2 aromatic heterocycles. The fourth-order valence-corrected chi connectivity index (χ4v) is 3.98. The van der Waals surface area contributed by atoms with Gasteiger partial charge in [0.05, 0.1) is 30.7 Å². The van der Waals surface area contributed by atoms with Crippen molar-refractivity contribution in [1.82, 2.24) is 30.3 Å². The summed E-state index contributed by atoms with van der Waals surface area (Å²) in [5.74, 6) is 0.120. The first-order valence-electron chi connectivity index (χ1n) is 8.80. The predicted octanol–water partition coefficient (Wildman–Crippen LogP) is 1.19. The summed E-state index contributed by atoms with van der Waals surface area (Å²) in [6, 6.07) is -0.218. The third-order valence-corrected chi connectivity index (χ3v) is 5.26. The Labute approximate surface area is 150 Å². The summed E-state index contributed by atoms with van der Waals surface area (Å²) >= 11 is 0. The van der Waals surface area contributed by atoms with Gasteiger partial charge < -0.3 is 10.2 Å². The van der Waals surface area contributed by atoms with Gasteiger partial charge in [-0.05, 0) is 18.3 Å². The van der Waals surface area contributed by atoms with E-state index in [-0.39, 0.29) is 29.3 Å². The van der Waals surface area contributed by atoms with Crippen LogP contribution in [-0.2, 0) is 4.79 Å². The molecule has 2 aromatic rings. The van der Waals surface area contributed by atoms with Crippen LogP contribution in [0.25, 0.3) is 0 Å². The lowest BCUT2D eigenvalue weighted by molar-refractivity contribution is -0.132. The Morgan fingerprint density at radius 1 is 1.27 bits per heavy atom. The van der Waals surface area contributed by atoms with Crippen molar-refractivity contribution in [2.75, 3.05) is 18.0 Å². The average molecular weight is 359 g/mol. The Hall–Kier alpha value is -2.58. The van der Waals surface area contributed by atoms with E-state index in [0.29, 0.717) is 19.0 Å². The number of nitrogens with zero attached hydrogens (tertiary/aromatic N) is 6. The van der Waals surface area contributed by atoms with Crippen molar-refractivity contribution < 1.29 is 9.18 Å². The number of carbonyl (C=O) groups is 1. The van der Waals surface area contributed by atoms with Gasteiger partial charge in [-0.15, -0.1) is 5.10 Å². The summed E-state index contributed by atoms with van der Waals surface area (Å²) in [5.41, 5.74) is 0.247. The molecule has 2 atom stereocenters. The van der Waals surface area contributed by atoms with E-state index in [1.807, 2.05) is 4.90 Å². The van der Waals surface area contributed by atoms with Gasteiger partial charge in [0.25, 0.3) is 0 Å². The van der Waals surface area contributed by atoms with E-state index < -0.39 is 5.82 Å². The molecule has 0 unspecified atom stereocenters. The molecule has 1 amide bonds. The number of carbonyl (C=O) groups excluding carboxylic acids is 1. The Kier molecular flexibility index (Phi) is 4.08. The molecule has 2 fully saturated rings. The van der Waals surface area contributed by atoms with Gasteiger partial charge in [-0.1, -0.05) is 19.1 Å². The van der Waals surface area contributed by atoms with Crippen LogP contribution in [0.1, 0.15) is 32.7 Å². The van der Waals surface area contributed by atoms with Crippen molar-refractivity contribution >= 4 is 11.9 Å². The van der Waals surface area contributed by atoms with E-state index in [9.17, 15) is 9.18 Å². The Balaban J connectivity index is 1.49. The Morgan fingerprint density at radius 2 is 2.00 bits per heavy atom. The number of aromatic nitrogens is 5. The molecule has 0 radical (unpaired) electrons. The zero-order valence-electron chi connectivity index (χ0n) is 14.8. The molecule has 1 saturated heterocycles. The minimum absolute atomic E-state index is 0.0671. The van der Waals surface area contributed by atoms with Crippen LogP contribution in [0.5, 0.6) is 0 Å². The molecule has 2 aliphatic rings. The molecule has 26 heavy (non-hydrogen) atoms. The molecular weight excluding hydrogens is 337 g/mol. The number of hydrogen-bond donors (Lipinski definition) is 1. The maximum atomic E-state index is 13.1. The summed E-state index contributed by atoms with van der Waals surface area (Å²) in [6.07, 6.45) is 7.51. The molecule has 1 saturated carbocycles. The number of anilines is 1. The standard InChI is InChI=1S/C17H22FN7O/c1-17(2)5-11(6-17)15(26)22-13-9-24(16-19-7-12(18)8-20-16)10-14(13)25-4-3-21-23-25/h3-4,7-8,11,13-14H,5-6,9-10H2,1-2H3,(H,22,26)/t13-,14+/m1/s1. The van der Waals surface area contributed by atoms with Gasteiger partial charge in [-0.25, -0.2) is 19.0 Å². The molecule has 1 aliphatic carbocycles. The van der Waals surface area contributed by atoms with Crippen LogP contribution in [0, 0.1) is 17.2 Å². The fraction of sp³-hybridized carbons (Fsp3) is 0.588. The van der Waals surface area contributed by atoms with Crippen LogP contribution in [-0.4, -0.2) is 50.0 Å². The first-order valence-corrected chi connectivity index (χ1v) is 8.80. The SMILES string of the molecule is CC1(C)CC(C(=O)N[C@@H]2CN(c3ncc(F)cn3)C[C@@H]2n2ccnn2)C1. The van der Waals surface area contributed by atoms with Crippen molar-refractivity contribution in [1.29, 1.82) is 0 Å². The number of hydrogen-bond acceptors (Lipinski definition) is 6. The molecule has 4 rings (SSSR count). The van der Waals surface area contributed by atoms with Crippen molar-refractivity contribution in [2.45, 2.75) is 38.8 Å². The lowest BCUT2D eigenvalue weighted by atomic mass is 9.64. The second-order valence-electron chi connectivity index (χ2n) is 7.94. The van der Waals surface area contributed by atoms with Crippen molar-refractivity contribution in [3.8, 4) is 0 Å². The van der Waals surface area contributed by atoms with Crippen LogP contribution in [0.15, 0.2) is 24.8 Å². The van der Waals surface area contributed by atoms with Gasteiger partial charge in [0, 0.05) is 25.2 Å². The van der Waals surface area contributed by atoms with Gasteiger partial charge in [0.1, 0.15) is 0 Å². The van der Waals surface area contributed by atoms with E-state index >= 15 is 0 Å². The molecule has 8 nitrogen and oxygen atoms in total. The van der Waals surface area contributed by atoms with Crippen molar-refractivity contribution in [2.24, 2.45) is 11.3 Å². The predicted molar refractivity (Wildman–Crippen MR) is 91.7 cm³/mol. The molecule has 0 bridgehead atoms. The van der Waals surface area contributed by atoms with E-state index in [0.717, 1.165) is 25.2 Å². The molecule has 1 aliphatic heterocycles. The summed E-state index contributed by atoms with van der Waals surface area (Å²) in [5, 5.41) is 11.1. The largest absolute Gasteiger partial charge is 0.349 e. The number of halogens is 1. The zero-order valence-corrected chi connectivity index (χ0v) is 14.8. The topological polar surface area (TPSA) is 88.8 Å². The lowest BCUT2D eigenvalue weighted by Crippen LogP contribution is -2.48. The maximum Gasteiger partial charge on any atom is 0.225 e. The van der Waals surface area contributed by atoms with Crippen molar-refractivity contribution in [3.63, 3.8) is 0 Å². The Morgan fingerprint density at radius 3 is 2.62 bits per heavy atom. The zero-order chi connectivity index (χ0) is 18.3. The van der Waals surface area contributed by atoms with Gasteiger partial charge in [0.2, 0.25) is 11.9 Å². The van der Waals surface area contributed by atoms with E-state index in [1.165, 1.54) is 0 Å². The smallest absolute Gasteiger partial charge is 0.225 e. The van der Waals surface area contributed by atoms with Crippen LogP contribution < -0.4 is 10.2 Å². The quantitative estimate of drug-likeness (QED) is 0.882. The first-order chi connectivity index (χ1) is 12.4. The highest BCUT2D eigenvalue weighted by Gasteiger charge is 2.43. The monoisotopic (exact) mass is 359 g/mol. The molecule has 0 spiro atoms. The number of rotatable bonds is 4. The molecular formula is C17H22FN7O. The second kappa shape index (κ2) is 6.30. The van der Waals surface area contributed by atoms with Crippen LogP contribution >= 0.6 is 0 Å². The van der Waals surface area contributed by atoms with Crippen LogP contribution in [0.3, 0.4) is 0 Å².